The SMILES string of the molecule is COC(=O)c1cc2cc3c4c(c2oc1=O)C(O)CCN4CCC3O. The number of esters is 1. The number of ether oxygens (including phenoxy) is 1. The fourth-order valence-electron chi connectivity index (χ4n) is 3.66. The van der Waals surface area contributed by atoms with Gasteiger partial charge in [0, 0.05) is 29.6 Å². The summed E-state index contributed by atoms with van der Waals surface area (Å²) in [4.78, 5) is 25.9. The van der Waals surface area contributed by atoms with E-state index in [-0.39, 0.29) is 11.1 Å². The highest BCUT2D eigenvalue weighted by Gasteiger charge is 2.35. The Morgan fingerprint density at radius 3 is 2.67 bits per heavy atom. The molecule has 2 atom stereocenters. The van der Waals surface area contributed by atoms with E-state index in [2.05, 4.69) is 9.64 Å². The molecule has 2 aromatic rings. The molecule has 2 aliphatic heterocycles. The molecule has 7 heteroatoms. The molecule has 0 bridgehead atoms. The van der Waals surface area contributed by atoms with Crippen molar-refractivity contribution in [2.24, 2.45) is 0 Å². The van der Waals surface area contributed by atoms with Crippen LogP contribution in [0.2, 0.25) is 0 Å². The first kappa shape index (κ1) is 15.2. The number of rotatable bonds is 1. The molecule has 0 radical (unpaired) electrons. The van der Waals surface area contributed by atoms with Crippen LogP contribution in [0.25, 0.3) is 11.0 Å². The molecule has 2 aliphatic rings. The maximum absolute atomic E-state index is 12.1. The Balaban J connectivity index is 2.07. The van der Waals surface area contributed by atoms with E-state index >= 15 is 0 Å². The summed E-state index contributed by atoms with van der Waals surface area (Å²) >= 11 is 0. The second kappa shape index (κ2) is 5.32. The molecule has 2 N–H and O–H groups in total. The zero-order valence-electron chi connectivity index (χ0n) is 13.1. The molecule has 0 saturated carbocycles. The topological polar surface area (TPSA) is 100 Å². The summed E-state index contributed by atoms with van der Waals surface area (Å²) in [5.74, 6) is -0.778. The highest BCUT2D eigenvalue weighted by Crippen LogP contribution is 2.46. The molecule has 2 unspecified atom stereocenters. The highest BCUT2D eigenvalue weighted by molar-refractivity contribution is 5.95. The predicted molar refractivity (Wildman–Crippen MR) is 85.2 cm³/mol. The lowest BCUT2D eigenvalue weighted by Crippen LogP contribution is -2.37. The Morgan fingerprint density at radius 2 is 1.96 bits per heavy atom. The van der Waals surface area contributed by atoms with Gasteiger partial charge in [-0.1, -0.05) is 0 Å². The number of fused-ring (bicyclic) bond motifs is 2. The quantitative estimate of drug-likeness (QED) is 0.599. The minimum Gasteiger partial charge on any atom is -0.465 e. The summed E-state index contributed by atoms with van der Waals surface area (Å²) in [7, 11) is 1.19. The fraction of sp³-hybridized carbons (Fsp3) is 0.412. The monoisotopic (exact) mass is 331 g/mol. The van der Waals surface area contributed by atoms with Crippen molar-refractivity contribution in [1.82, 2.24) is 0 Å². The van der Waals surface area contributed by atoms with Crippen molar-refractivity contribution in [3.05, 3.63) is 39.2 Å². The van der Waals surface area contributed by atoms with Crippen LogP contribution in [-0.4, -0.2) is 36.4 Å². The third-order valence-corrected chi connectivity index (χ3v) is 4.82. The number of carbonyl (C=O) groups is 1. The zero-order chi connectivity index (χ0) is 17.0. The average Bonchev–Trinajstić information content (AvgIpc) is 2.58. The van der Waals surface area contributed by atoms with E-state index in [0.717, 1.165) is 5.69 Å². The minimum absolute atomic E-state index is 0.204. The van der Waals surface area contributed by atoms with Crippen LogP contribution in [0.15, 0.2) is 21.3 Å². The van der Waals surface area contributed by atoms with Crippen LogP contribution in [0.4, 0.5) is 5.69 Å². The second-order valence-corrected chi connectivity index (χ2v) is 6.18. The third-order valence-electron chi connectivity index (χ3n) is 4.82. The van der Waals surface area contributed by atoms with Crippen LogP contribution >= 0.6 is 0 Å². The number of methoxy groups -OCH3 is 1. The van der Waals surface area contributed by atoms with Gasteiger partial charge in [-0.25, -0.2) is 9.59 Å². The Labute approximate surface area is 137 Å². The van der Waals surface area contributed by atoms with Gasteiger partial charge in [-0.05, 0) is 25.0 Å². The van der Waals surface area contributed by atoms with Crippen LogP contribution in [0.3, 0.4) is 0 Å². The lowest BCUT2D eigenvalue weighted by atomic mass is 9.87. The van der Waals surface area contributed by atoms with Gasteiger partial charge in [0.1, 0.15) is 11.1 Å². The Morgan fingerprint density at radius 1 is 1.25 bits per heavy atom. The molecule has 24 heavy (non-hydrogen) atoms. The molecular formula is C17H17NO6. The number of aliphatic hydroxyl groups excluding tert-OH is 2. The molecule has 7 nitrogen and oxygen atoms in total. The first-order valence-corrected chi connectivity index (χ1v) is 7.85. The van der Waals surface area contributed by atoms with E-state index in [4.69, 9.17) is 4.42 Å². The van der Waals surface area contributed by atoms with E-state index < -0.39 is 23.8 Å². The van der Waals surface area contributed by atoms with Gasteiger partial charge in [0.25, 0.3) is 0 Å². The first-order valence-electron chi connectivity index (χ1n) is 7.85. The number of anilines is 1. The number of carbonyl (C=O) groups excluding carboxylic acids is 1. The maximum Gasteiger partial charge on any atom is 0.351 e. The molecule has 0 amide bonds. The van der Waals surface area contributed by atoms with E-state index in [0.29, 0.717) is 42.4 Å². The zero-order valence-corrected chi connectivity index (χ0v) is 13.1. The van der Waals surface area contributed by atoms with Crippen LogP contribution in [0, 0.1) is 0 Å². The summed E-state index contributed by atoms with van der Waals surface area (Å²) < 4.78 is 9.97. The summed E-state index contributed by atoms with van der Waals surface area (Å²) in [6, 6.07) is 3.12. The van der Waals surface area contributed by atoms with Crippen molar-refractivity contribution in [1.29, 1.82) is 0 Å². The standard InChI is InChI=1S/C17H17NO6/c1-23-16(21)10-7-8-6-9-11(19)2-4-18-5-3-12(20)13(14(9)18)15(8)24-17(10)22/h6-7,11-12,19-20H,2-5H2,1H3. The highest BCUT2D eigenvalue weighted by atomic mass is 16.5. The molecule has 0 fully saturated rings. The van der Waals surface area contributed by atoms with Crippen molar-refractivity contribution in [3.8, 4) is 0 Å². The first-order chi connectivity index (χ1) is 11.5. The molecule has 3 heterocycles. The summed E-state index contributed by atoms with van der Waals surface area (Å²) in [6.45, 7) is 1.37. The van der Waals surface area contributed by atoms with Gasteiger partial charge in [0.2, 0.25) is 0 Å². The lowest BCUT2D eigenvalue weighted by molar-refractivity contribution is 0.0596. The van der Waals surface area contributed by atoms with Gasteiger partial charge in [0.15, 0.2) is 0 Å². The lowest BCUT2D eigenvalue weighted by Gasteiger charge is -2.40. The number of hydrogen-bond donors (Lipinski definition) is 2. The smallest absolute Gasteiger partial charge is 0.351 e. The summed E-state index contributed by atoms with van der Waals surface area (Å²) in [5, 5.41) is 21.3. The number of nitrogens with zero attached hydrogens (tertiary/aromatic N) is 1. The van der Waals surface area contributed by atoms with Crippen LogP contribution < -0.4 is 10.5 Å². The van der Waals surface area contributed by atoms with Crippen molar-refractivity contribution < 1.29 is 24.2 Å². The normalized spacial score (nSPS) is 22.4. The molecule has 4 rings (SSSR count). The summed E-state index contributed by atoms with van der Waals surface area (Å²) in [6.07, 6.45) is -0.326. The van der Waals surface area contributed by atoms with Crippen LogP contribution in [0.1, 0.15) is 46.5 Å². The second-order valence-electron chi connectivity index (χ2n) is 6.18. The number of hydrogen-bond acceptors (Lipinski definition) is 7. The molecule has 126 valence electrons. The van der Waals surface area contributed by atoms with Gasteiger partial charge in [-0.2, -0.15) is 0 Å². The van der Waals surface area contributed by atoms with E-state index in [1.807, 2.05) is 0 Å². The molecule has 0 spiro atoms. The van der Waals surface area contributed by atoms with Gasteiger partial charge in [-0.15, -0.1) is 0 Å². The number of benzene rings is 1. The van der Waals surface area contributed by atoms with Gasteiger partial charge < -0.3 is 24.3 Å². The van der Waals surface area contributed by atoms with E-state index in [9.17, 15) is 19.8 Å². The largest absolute Gasteiger partial charge is 0.465 e. The van der Waals surface area contributed by atoms with E-state index in [1.165, 1.54) is 13.2 Å². The van der Waals surface area contributed by atoms with Crippen LogP contribution in [-0.2, 0) is 4.74 Å². The van der Waals surface area contributed by atoms with Crippen molar-refractivity contribution in [2.75, 3.05) is 25.1 Å². The van der Waals surface area contributed by atoms with Gasteiger partial charge >= 0.3 is 11.6 Å². The van der Waals surface area contributed by atoms with Crippen LogP contribution in [0.5, 0.6) is 0 Å². The number of aliphatic hydroxyl groups is 2. The van der Waals surface area contributed by atoms with Crippen molar-refractivity contribution in [2.45, 2.75) is 25.0 Å². The molecule has 0 saturated heterocycles. The van der Waals surface area contributed by atoms with Gasteiger partial charge in [0.05, 0.1) is 25.0 Å². The Bertz CT molecular complexity index is 900. The van der Waals surface area contributed by atoms with E-state index in [1.54, 1.807) is 6.07 Å². The average molecular weight is 331 g/mol. The third kappa shape index (κ3) is 2.05. The fourth-order valence-corrected chi connectivity index (χ4v) is 3.66. The Kier molecular flexibility index (Phi) is 3.36. The predicted octanol–water partition coefficient (Wildman–Crippen LogP) is 1.26. The Hall–Kier alpha value is -2.38. The maximum atomic E-state index is 12.1. The molecule has 1 aromatic heterocycles. The molecule has 0 aliphatic carbocycles. The van der Waals surface area contributed by atoms with Crippen molar-refractivity contribution in [3.63, 3.8) is 0 Å². The van der Waals surface area contributed by atoms with Gasteiger partial charge in [-0.3, -0.25) is 0 Å². The van der Waals surface area contributed by atoms with Crippen molar-refractivity contribution >= 4 is 22.6 Å². The molecule has 1 aromatic carbocycles. The minimum atomic E-state index is -0.800. The summed E-state index contributed by atoms with van der Waals surface area (Å²) in [5.41, 5.74) is 1.20. The molecular weight excluding hydrogens is 314 g/mol.